The van der Waals surface area contributed by atoms with Gasteiger partial charge in [-0.05, 0) is 19.3 Å². The van der Waals surface area contributed by atoms with Crippen LogP contribution in [0.25, 0.3) is 0 Å². The van der Waals surface area contributed by atoms with Gasteiger partial charge in [0.25, 0.3) is 5.91 Å². The van der Waals surface area contributed by atoms with Crippen LogP contribution in [0.4, 0.5) is 0 Å². The molecule has 1 aliphatic heterocycles. The molecule has 2 atom stereocenters. The molecule has 2 aromatic heterocycles. The van der Waals surface area contributed by atoms with Crippen molar-refractivity contribution in [2.75, 3.05) is 33.2 Å². The number of piperidine rings is 1. The number of likely N-dealkylation sites (tertiary alicyclic amines) is 1. The average Bonchev–Trinajstić information content (AvgIpc) is 3.34. The van der Waals surface area contributed by atoms with Crippen LogP contribution in [-0.2, 0) is 0 Å². The number of aryl methyl sites for hydroxylation is 1. The molecule has 0 bridgehead atoms. The highest BCUT2D eigenvalue weighted by Gasteiger charge is 2.28. The average molecular weight is 390 g/mol. The van der Waals surface area contributed by atoms with Crippen LogP contribution >= 0.6 is 11.3 Å². The van der Waals surface area contributed by atoms with Crippen LogP contribution in [0.3, 0.4) is 0 Å². The number of carbonyl (C=O) groups excluding carboxylic acids is 1. The second-order valence-electron chi connectivity index (χ2n) is 6.79. The zero-order valence-electron chi connectivity index (χ0n) is 16.1. The number of imidazole rings is 1. The summed E-state index contributed by atoms with van der Waals surface area (Å²) in [5.74, 6) is 1.39. The highest BCUT2D eigenvalue weighted by Crippen LogP contribution is 2.27. The standard InChI is InChI=1S/C18H27N7OS/c1-13-4-8-24(10-15(13)25-9-7-20-11-25)18(19-3)22-6-5-21-17(26)16-14(2)23-12-27-16/h7,9,11-13,15H,4-6,8,10H2,1-3H3,(H,19,22)(H,21,26). The molecule has 8 nitrogen and oxygen atoms in total. The van der Waals surface area contributed by atoms with Gasteiger partial charge in [-0.3, -0.25) is 9.79 Å². The number of nitrogens with zero attached hydrogens (tertiary/aromatic N) is 5. The number of hydrogen-bond donors (Lipinski definition) is 2. The summed E-state index contributed by atoms with van der Waals surface area (Å²) in [5, 5.41) is 6.29. The normalized spacial score (nSPS) is 20.6. The van der Waals surface area contributed by atoms with Crippen molar-refractivity contribution in [3.8, 4) is 0 Å². The van der Waals surface area contributed by atoms with Crippen LogP contribution in [0, 0.1) is 12.8 Å². The van der Waals surface area contributed by atoms with E-state index in [2.05, 4.69) is 42.0 Å². The third-order valence-corrected chi connectivity index (χ3v) is 5.91. The van der Waals surface area contributed by atoms with E-state index < -0.39 is 0 Å². The van der Waals surface area contributed by atoms with Crippen molar-refractivity contribution in [2.45, 2.75) is 26.3 Å². The Bertz CT molecular complexity index is 771. The number of aliphatic imine (C=N–C) groups is 1. The van der Waals surface area contributed by atoms with Crippen molar-refractivity contribution in [1.29, 1.82) is 0 Å². The first-order chi connectivity index (χ1) is 13.1. The van der Waals surface area contributed by atoms with Gasteiger partial charge in [0.2, 0.25) is 0 Å². The molecule has 0 aliphatic carbocycles. The van der Waals surface area contributed by atoms with Crippen molar-refractivity contribution in [1.82, 2.24) is 30.1 Å². The third kappa shape index (κ3) is 4.65. The van der Waals surface area contributed by atoms with Crippen molar-refractivity contribution >= 4 is 23.2 Å². The molecule has 2 N–H and O–H groups in total. The molecular formula is C18H27N7OS. The quantitative estimate of drug-likeness (QED) is 0.460. The lowest BCUT2D eigenvalue weighted by atomic mass is 9.93. The van der Waals surface area contributed by atoms with Gasteiger partial charge in [0, 0.05) is 45.6 Å². The first-order valence-corrected chi connectivity index (χ1v) is 10.1. The number of hydrogen-bond acceptors (Lipinski definition) is 5. The largest absolute Gasteiger partial charge is 0.354 e. The molecule has 9 heteroatoms. The van der Waals surface area contributed by atoms with Gasteiger partial charge < -0.3 is 20.1 Å². The molecular weight excluding hydrogens is 362 g/mol. The fourth-order valence-electron chi connectivity index (χ4n) is 3.38. The number of nitrogens with one attached hydrogen (secondary N) is 2. The van der Waals surface area contributed by atoms with Gasteiger partial charge in [-0.25, -0.2) is 9.97 Å². The molecule has 146 valence electrons. The van der Waals surface area contributed by atoms with Crippen LogP contribution in [0.15, 0.2) is 29.2 Å². The van der Waals surface area contributed by atoms with Gasteiger partial charge in [0.15, 0.2) is 5.96 Å². The lowest BCUT2D eigenvalue weighted by Crippen LogP contribution is -2.50. The van der Waals surface area contributed by atoms with Crippen molar-refractivity contribution in [3.05, 3.63) is 34.8 Å². The third-order valence-electron chi connectivity index (χ3n) is 4.98. The fourth-order valence-corrected chi connectivity index (χ4v) is 4.10. The highest BCUT2D eigenvalue weighted by molar-refractivity contribution is 7.11. The maximum atomic E-state index is 12.1. The predicted molar refractivity (Wildman–Crippen MR) is 107 cm³/mol. The lowest BCUT2D eigenvalue weighted by Gasteiger charge is -2.39. The zero-order valence-corrected chi connectivity index (χ0v) is 16.9. The molecule has 1 aliphatic rings. The lowest BCUT2D eigenvalue weighted by molar-refractivity contribution is 0.0957. The Kier molecular flexibility index (Phi) is 6.44. The van der Waals surface area contributed by atoms with E-state index in [1.807, 2.05) is 25.6 Å². The predicted octanol–water partition coefficient (Wildman–Crippen LogP) is 1.54. The molecule has 27 heavy (non-hydrogen) atoms. The molecule has 0 radical (unpaired) electrons. The zero-order chi connectivity index (χ0) is 19.2. The highest BCUT2D eigenvalue weighted by atomic mass is 32.1. The van der Waals surface area contributed by atoms with Gasteiger partial charge in [-0.15, -0.1) is 11.3 Å². The van der Waals surface area contributed by atoms with E-state index in [0.29, 0.717) is 29.9 Å². The van der Waals surface area contributed by atoms with E-state index in [9.17, 15) is 4.79 Å². The second kappa shape index (κ2) is 8.98. The molecule has 3 heterocycles. The summed E-state index contributed by atoms with van der Waals surface area (Å²) < 4.78 is 2.18. The Morgan fingerprint density at radius 3 is 2.89 bits per heavy atom. The number of carbonyl (C=O) groups is 1. The van der Waals surface area contributed by atoms with Crippen LogP contribution < -0.4 is 10.6 Å². The van der Waals surface area contributed by atoms with E-state index in [-0.39, 0.29) is 5.91 Å². The van der Waals surface area contributed by atoms with Crippen LogP contribution in [0.5, 0.6) is 0 Å². The minimum absolute atomic E-state index is 0.0706. The molecule has 1 fully saturated rings. The van der Waals surface area contributed by atoms with Crippen LogP contribution in [-0.4, -0.2) is 64.5 Å². The van der Waals surface area contributed by atoms with Crippen molar-refractivity contribution in [3.63, 3.8) is 0 Å². The minimum atomic E-state index is -0.0706. The molecule has 1 saturated heterocycles. The summed E-state index contributed by atoms with van der Waals surface area (Å²) in [4.78, 5) is 27.8. The molecule has 2 unspecified atom stereocenters. The number of amides is 1. The van der Waals surface area contributed by atoms with Crippen LogP contribution in [0.2, 0.25) is 0 Å². The van der Waals surface area contributed by atoms with Gasteiger partial charge >= 0.3 is 0 Å². The molecule has 0 saturated carbocycles. The number of guanidine groups is 1. The molecule has 3 rings (SSSR count). The monoisotopic (exact) mass is 389 g/mol. The fraction of sp³-hybridized carbons (Fsp3) is 0.556. The number of rotatable bonds is 5. The van der Waals surface area contributed by atoms with E-state index in [1.54, 1.807) is 12.6 Å². The summed E-state index contributed by atoms with van der Waals surface area (Å²) >= 11 is 1.37. The SMILES string of the molecule is CN=C(NCCNC(=O)c1scnc1C)N1CCC(C)C(n2ccnc2)C1. The maximum Gasteiger partial charge on any atom is 0.263 e. The Balaban J connectivity index is 1.49. The first-order valence-electron chi connectivity index (χ1n) is 9.21. The van der Waals surface area contributed by atoms with E-state index in [1.165, 1.54) is 11.3 Å². The Labute approximate surface area is 163 Å². The van der Waals surface area contributed by atoms with E-state index >= 15 is 0 Å². The summed E-state index contributed by atoms with van der Waals surface area (Å²) in [6.07, 6.45) is 6.84. The van der Waals surface area contributed by atoms with E-state index in [0.717, 1.165) is 31.2 Å². The Morgan fingerprint density at radius 2 is 2.22 bits per heavy atom. The molecule has 0 spiro atoms. The second-order valence-corrected chi connectivity index (χ2v) is 7.64. The van der Waals surface area contributed by atoms with E-state index in [4.69, 9.17) is 0 Å². The molecule has 0 aromatic carbocycles. The Hall–Kier alpha value is -2.42. The van der Waals surface area contributed by atoms with Crippen LogP contribution in [0.1, 0.15) is 34.8 Å². The Morgan fingerprint density at radius 1 is 1.41 bits per heavy atom. The number of aromatic nitrogens is 3. The first kappa shape index (κ1) is 19.3. The molecule has 2 aromatic rings. The maximum absolute atomic E-state index is 12.1. The summed E-state index contributed by atoms with van der Waals surface area (Å²) in [7, 11) is 1.80. The van der Waals surface area contributed by atoms with Gasteiger partial charge in [-0.1, -0.05) is 6.92 Å². The smallest absolute Gasteiger partial charge is 0.263 e. The van der Waals surface area contributed by atoms with Gasteiger partial charge in [0.05, 0.1) is 23.6 Å². The summed E-state index contributed by atoms with van der Waals surface area (Å²) in [6, 6.07) is 0.383. The summed E-state index contributed by atoms with van der Waals surface area (Å²) in [6.45, 7) is 7.15. The molecule has 1 amide bonds. The minimum Gasteiger partial charge on any atom is -0.354 e. The van der Waals surface area contributed by atoms with Crippen molar-refractivity contribution in [2.24, 2.45) is 10.9 Å². The topological polar surface area (TPSA) is 87.4 Å². The van der Waals surface area contributed by atoms with Crippen molar-refractivity contribution < 1.29 is 4.79 Å². The van der Waals surface area contributed by atoms with Gasteiger partial charge in [0.1, 0.15) is 4.88 Å². The summed E-state index contributed by atoms with van der Waals surface area (Å²) in [5.41, 5.74) is 2.47. The van der Waals surface area contributed by atoms with Gasteiger partial charge in [-0.2, -0.15) is 0 Å². The number of thiazole rings is 1.